The summed E-state index contributed by atoms with van der Waals surface area (Å²) < 4.78 is 136. The molecule has 0 aliphatic rings. The average molecular weight is 475 g/mol. The molecule has 0 aromatic rings. The molecule has 0 saturated carbocycles. The molecule has 4 nitrogen and oxygen atoms in total. The molecule has 0 aliphatic carbocycles. The van der Waals surface area contributed by atoms with E-state index in [0.717, 1.165) is 0 Å². The molecule has 0 unspecified atom stereocenters. The summed E-state index contributed by atoms with van der Waals surface area (Å²) in [6.45, 7) is 0. The van der Waals surface area contributed by atoms with Gasteiger partial charge in [0.2, 0.25) is 11.5 Å². The maximum Gasteiger partial charge on any atom is 0.454 e. The van der Waals surface area contributed by atoms with Gasteiger partial charge < -0.3 is 10.2 Å². The number of aliphatic hydroxyl groups excluding tert-OH is 2. The maximum absolute atomic E-state index is 11.4. The van der Waals surface area contributed by atoms with Crippen molar-refractivity contribution < 1.29 is 89.0 Å². The standard InChI is InChI=1S/2C5H2F6O2.Ni/c2*6-4(7,8)2(12)1-3(13)5(9,10)11;/h2*1,12H;. The molecular weight excluding hydrogens is 471 g/mol. The maximum atomic E-state index is 11.4. The van der Waals surface area contributed by atoms with Gasteiger partial charge >= 0.3 is 24.7 Å². The van der Waals surface area contributed by atoms with Crippen LogP contribution < -0.4 is 0 Å². The third-order valence-electron chi connectivity index (χ3n) is 1.68. The number of hydrogen-bond donors (Lipinski definition) is 2. The third kappa shape index (κ3) is 13.0. The van der Waals surface area contributed by atoms with E-state index in [1.54, 1.807) is 0 Å². The van der Waals surface area contributed by atoms with Crippen LogP contribution in [0.15, 0.2) is 23.7 Å². The number of alkyl halides is 12. The summed E-state index contributed by atoms with van der Waals surface area (Å²) in [6, 6.07) is 0. The Morgan fingerprint density at radius 1 is 0.519 bits per heavy atom. The summed E-state index contributed by atoms with van der Waals surface area (Å²) in [7, 11) is 0. The van der Waals surface area contributed by atoms with Gasteiger partial charge in [-0.15, -0.1) is 0 Å². The van der Waals surface area contributed by atoms with Crippen LogP contribution in [0.2, 0.25) is 0 Å². The van der Waals surface area contributed by atoms with Gasteiger partial charge in [-0.1, -0.05) is 0 Å². The first kappa shape index (κ1) is 29.8. The second kappa shape index (κ2) is 9.85. The number of rotatable bonds is 2. The summed E-state index contributed by atoms with van der Waals surface area (Å²) in [5.41, 5.74) is 0. The van der Waals surface area contributed by atoms with Crippen molar-refractivity contribution in [1.82, 2.24) is 0 Å². The Labute approximate surface area is 150 Å². The molecule has 0 saturated heterocycles. The van der Waals surface area contributed by atoms with Crippen LogP contribution in [0.1, 0.15) is 0 Å². The Bertz CT molecular complexity index is 527. The summed E-state index contributed by atoms with van der Waals surface area (Å²) in [4.78, 5) is 19.7. The summed E-state index contributed by atoms with van der Waals surface area (Å²) in [5.74, 6) is -10.7. The van der Waals surface area contributed by atoms with Crippen LogP contribution in [0.3, 0.4) is 0 Å². The molecule has 2 N–H and O–H groups in total. The zero-order valence-electron chi connectivity index (χ0n) is 11.7. The van der Waals surface area contributed by atoms with Gasteiger partial charge in [-0.05, 0) is 0 Å². The number of carbonyl (C=O) groups is 2. The van der Waals surface area contributed by atoms with E-state index in [4.69, 9.17) is 10.2 Å². The number of halogens is 12. The number of carbonyl (C=O) groups excluding carboxylic acids is 2. The molecule has 162 valence electrons. The molecule has 0 bridgehead atoms. The van der Waals surface area contributed by atoms with E-state index in [1.807, 2.05) is 0 Å². The van der Waals surface area contributed by atoms with Crippen LogP contribution >= 0.6 is 0 Å². The largest absolute Gasteiger partial charge is 0.504 e. The summed E-state index contributed by atoms with van der Waals surface area (Å²) >= 11 is 0. The minimum absolute atomic E-state index is 0. The number of aliphatic hydroxyl groups is 2. The van der Waals surface area contributed by atoms with E-state index >= 15 is 0 Å². The second-order valence-corrected chi connectivity index (χ2v) is 3.78. The van der Waals surface area contributed by atoms with E-state index in [9.17, 15) is 62.3 Å². The van der Waals surface area contributed by atoms with Gasteiger partial charge in [-0.25, -0.2) is 0 Å². The fourth-order valence-corrected chi connectivity index (χ4v) is 0.576. The van der Waals surface area contributed by atoms with Crippen LogP contribution in [0, 0.1) is 0 Å². The minimum atomic E-state index is -5.42. The minimum Gasteiger partial charge on any atom is -0.504 e. The Morgan fingerprint density at radius 2 is 0.704 bits per heavy atom. The second-order valence-electron chi connectivity index (χ2n) is 3.78. The Kier molecular flexibility index (Phi) is 10.9. The summed E-state index contributed by atoms with van der Waals surface area (Å²) in [6.07, 6.45) is -23.4. The molecule has 0 radical (unpaired) electrons. The Hall–Kier alpha value is -1.93. The van der Waals surface area contributed by atoms with E-state index in [1.165, 1.54) is 0 Å². The van der Waals surface area contributed by atoms with Gasteiger partial charge in [0, 0.05) is 28.6 Å². The number of allylic oxidation sites excluding steroid dienone is 4. The van der Waals surface area contributed by atoms with E-state index in [2.05, 4.69) is 0 Å². The van der Waals surface area contributed by atoms with E-state index < -0.39 is 59.9 Å². The zero-order chi connectivity index (χ0) is 21.7. The van der Waals surface area contributed by atoms with Crippen molar-refractivity contribution in [2.45, 2.75) is 24.7 Å². The fourth-order valence-electron chi connectivity index (χ4n) is 0.576. The molecule has 0 spiro atoms. The normalized spacial score (nSPS) is 13.9. The number of ketones is 2. The molecule has 0 aromatic heterocycles. The van der Waals surface area contributed by atoms with Crippen LogP contribution in [0.5, 0.6) is 0 Å². The molecule has 0 aromatic carbocycles. The van der Waals surface area contributed by atoms with Crippen molar-refractivity contribution in [3.8, 4) is 0 Å². The summed E-state index contributed by atoms with van der Waals surface area (Å²) in [5, 5.41) is 15.9. The molecule has 0 atom stereocenters. The topological polar surface area (TPSA) is 74.6 Å². The monoisotopic (exact) mass is 474 g/mol. The van der Waals surface area contributed by atoms with Crippen molar-refractivity contribution in [3.05, 3.63) is 23.7 Å². The first-order chi connectivity index (χ1) is 11.1. The van der Waals surface area contributed by atoms with Gasteiger partial charge in [-0.3, -0.25) is 9.59 Å². The first-order valence-corrected chi connectivity index (χ1v) is 5.28. The van der Waals surface area contributed by atoms with Crippen LogP contribution in [0.4, 0.5) is 52.7 Å². The van der Waals surface area contributed by atoms with Crippen molar-refractivity contribution in [2.24, 2.45) is 0 Å². The smallest absolute Gasteiger partial charge is 0.454 e. The van der Waals surface area contributed by atoms with Crippen LogP contribution in [-0.4, -0.2) is 46.5 Å². The van der Waals surface area contributed by atoms with Gasteiger partial charge in [0.25, 0.3) is 11.6 Å². The quantitative estimate of drug-likeness (QED) is 0.272. The van der Waals surface area contributed by atoms with E-state index in [-0.39, 0.29) is 16.5 Å². The molecule has 0 aliphatic heterocycles. The van der Waals surface area contributed by atoms with Gasteiger partial charge in [0.05, 0.1) is 0 Å². The molecule has 17 heteroatoms. The Balaban J connectivity index is -0.000000411. The third-order valence-corrected chi connectivity index (χ3v) is 1.68. The fraction of sp³-hybridized carbons (Fsp3) is 0.400. The first-order valence-electron chi connectivity index (χ1n) is 5.28. The molecule has 0 rings (SSSR count). The van der Waals surface area contributed by atoms with Gasteiger partial charge in [0.15, 0.2) is 0 Å². The molecule has 0 fully saturated rings. The van der Waals surface area contributed by atoms with Gasteiger partial charge in [0.1, 0.15) is 0 Å². The van der Waals surface area contributed by atoms with Crippen molar-refractivity contribution in [3.63, 3.8) is 0 Å². The average Bonchev–Trinajstić information content (AvgIpc) is 2.34. The van der Waals surface area contributed by atoms with Gasteiger partial charge in [-0.2, -0.15) is 52.7 Å². The van der Waals surface area contributed by atoms with Crippen LogP contribution in [0.25, 0.3) is 0 Å². The predicted molar refractivity (Wildman–Crippen MR) is 55.7 cm³/mol. The van der Waals surface area contributed by atoms with Crippen molar-refractivity contribution >= 4 is 11.6 Å². The molecule has 27 heavy (non-hydrogen) atoms. The molecule has 0 amide bonds. The van der Waals surface area contributed by atoms with Crippen molar-refractivity contribution in [2.75, 3.05) is 0 Å². The number of hydrogen-bond acceptors (Lipinski definition) is 4. The zero-order valence-corrected chi connectivity index (χ0v) is 12.7. The molecule has 0 heterocycles. The predicted octanol–water partition coefficient (Wildman–Crippen LogP) is 4.24. The SMILES string of the molecule is O=C(C=C(O)C(F)(F)F)C(F)(F)F.O=C(C=C(O)C(F)(F)F)C(F)(F)F.[Ni]. The van der Waals surface area contributed by atoms with Crippen LogP contribution in [-0.2, 0) is 26.1 Å². The van der Waals surface area contributed by atoms with E-state index in [0.29, 0.717) is 0 Å². The molecular formula is C10H4F12NiO4. The van der Waals surface area contributed by atoms with Crippen molar-refractivity contribution in [1.29, 1.82) is 0 Å². The Morgan fingerprint density at radius 3 is 0.815 bits per heavy atom.